The molecule has 0 bridgehead atoms. The molecule has 2 heterocycles. The maximum atomic E-state index is 4.57. The summed E-state index contributed by atoms with van der Waals surface area (Å²) < 4.78 is 0. The van der Waals surface area contributed by atoms with Crippen molar-refractivity contribution < 1.29 is 0 Å². The van der Waals surface area contributed by atoms with Gasteiger partial charge in [0.05, 0.1) is 5.52 Å². The summed E-state index contributed by atoms with van der Waals surface area (Å²) in [5.74, 6) is 0. The lowest BCUT2D eigenvalue weighted by Gasteiger charge is -2.30. The standard InChI is InChI=1S/C18H25N3/c1-2-21(14-17-10-3-4-11-19-17)13-16-8-5-7-15-9-6-12-20-18(15)16/h5-9,12,17,19H,2-4,10-11,13-14H2,1H3. The molecule has 21 heavy (non-hydrogen) atoms. The lowest BCUT2D eigenvalue weighted by atomic mass is 10.0. The third-order valence-electron chi connectivity index (χ3n) is 4.45. The minimum absolute atomic E-state index is 0.654. The summed E-state index contributed by atoms with van der Waals surface area (Å²) in [6.07, 6.45) is 5.90. The molecular weight excluding hydrogens is 258 g/mol. The van der Waals surface area contributed by atoms with Crippen molar-refractivity contribution >= 4 is 10.9 Å². The van der Waals surface area contributed by atoms with Gasteiger partial charge >= 0.3 is 0 Å². The summed E-state index contributed by atoms with van der Waals surface area (Å²) >= 11 is 0. The first-order valence-electron chi connectivity index (χ1n) is 8.15. The summed E-state index contributed by atoms with van der Waals surface area (Å²) in [6.45, 7) is 6.64. The zero-order chi connectivity index (χ0) is 14.5. The molecule has 1 N–H and O–H groups in total. The number of nitrogens with zero attached hydrogens (tertiary/aromatic N) is 2. The molecule has 3 nitrogen and oxygen atoms in total. The molecule has 1 fully saturated rings. The quantitative estimate of drug-likeness (QED) is 0.913. The van der Waals surface area contributed by atoms with Gasteiger partial charge in [-0.15, -0.1) is 0 Å². The van der Waals surface area contributed by atoms with Gasteiger partial charge in [-0.05, 0) is 37.6 Å². The molecule has 0 saturated carbocycles. The number of likely N-dealkylation sites (N-methyl/N-ethyl adjacent to an activating group) is 1. The van der Waals surface area contributed by atoms with E-state index >= 15 is 0 Å². The summed E-state index contributed by atoms with van der Waals surface area (Å²) in [5.41, 5.74) is 2.49. The van der Waals surface area contributed by atoms with E-state index in [1.165, 1.54) is 36.8 Å². The van der Waals surface area contributed by atoms with Crippen LogP contribution in [0.4, 0.5) is 0 Å². The van der Waals surface area contributed by atoms with Gasteiger partial charge < -0.3 is 5.32 Å². The monoisotopic (exact) mass is 283 g/mol. The molecule has 1 aliphatic heterocycles. The van der Waals surface area contributed by atoms with Gasteiger partial charge in [-0.25, -0.2) is 0 Å². The second-order valence-corrected chi connectivity index (χ2v) is 5.97. The topological polar surface area (TPSA) is 28.2 Å². The predicted octanol–water partition coefficient (Wildman–Crippen LogP) is 3.20. The number of piperidine rings is 1. The molecule has 3 rings (SSSR count). The Morgan fingerprint density at radius 1 is 1.24 bits per heavy atom. The van der Waals surface area contributed by atoms with Crippen molar-refractivity contribution in [2.45, 2.75) is 38.8 Å². The molecule has 1 saturated heterocycles. The minimum Gasteiger partial charge on any atom is -0.313 e. The van der Waals surface area contributed by atoms with Crippen LogP contribution >= 0.6 is 0 Å². The van der Waals surface area contributed by atoms with Crippen LogP contribution in [0.5, 0.6) is 0 Å². The largest absolute Gasteiger partial charge is 0.313 e. The molecule has 1 aromatic heterocycles. The fraction of sp³-hybridized carbons (Fsp3) is 0.500. The molecule has 2 aromatic rings. The molecular formula is C18H25N3. The summed E-state index contributed by atoms with van der Waals surface area (Å²) in [4.78, 5) is 7.11. The maximum absolute atomic E-state index is 4.57. The molecule has 1 atom stereocenters. The SMILES string of the molecule is CCN(Cc1cccc2cccnc12)CC1CCCCN1. The van der Waals surface area contributed by atoms with Crippen LogP contribution in [-0.4, -0.2) is 35.6 Å². The zero-order valence-corrected chi connectivity index (χ0v) is 12.9. The highest BCUT2D eigenvalue weighted by atomic mass is 15.1. The summed E-state index contributed by atoms with van der Waals surface area (Å²) in [7, 11) is 0. The molecule has 112 valence electrons. The molecule has 0 amide bonds. The van der Waals surface area contributed by atoms with Crippen LogP contribution < -0.4 is 5.32 Å². The van der Waals surface area contributed by atoms with E-state index in [9.17, 15) is 0 Å². The Labute approximate surface area is 127 Å². The Kier molecular flexibility index (Phi) is 4.84. The number of hydrogen-bond acceptors (Lipinski definition) is 3. The number of pyridine rings is 1. The lowest BCUT2D eigenvalue weighted by molar-refractivity contribution is 0.227. The molecule has 1 aliphatic rings. The van der Waals surface area contributed by atoms with Crippen LogP contribution in [-0.2, 0) is 6.54 Å². The van der Waals surface area contributed by atoms with Crippen molar-refractivity contribution in [3.05, 3.63) is 42.1 Å². The van der Waals surface area contributed by atoms with Gasteiger partial charge in [0.2, 0.25) is 0 Å². The average molecular weight is 283 g/mol. The number of nitrogens with one attached hydrogen (secondary N) is 1. The van der Waals surface area contributed by atoms with Crippen molar-refractivity contribution in [2.75, 3.05) is 19.6 Å². The molecule has 0 spiro atoms. The molecule has 1 aromatic carbocycles. The van der Waals surface area contributed by atoms with E-state index < -0.39 is 0 Å². The van der Waals surface area contributed by atoms with Gasteiger partial charge in [0.25, 0.3) is 0 Å². The highest BCUT2D eigenvalue weighted by molar-refractivity contribution is 5.81. The van der Waals surface area contributed by atoms with E-state index in [2.05, 4.69) is 46.4 Å². The fourth-order valence-electron chi connectivity index (χ4n) is 3.23. The van der Waals surface area contributed by atoms with E-state index in [1.807, 2.05) is 12.3 Å². The Bertz CT molecular complexity index is 570. The number of aromatic nitrogens is 1. The number of rotatable bonds is 5. The number of hydrogen-bond donors (Lipinski definition) is 1. The minimum atomic E-state index is 0.654. The van der Waals surface area contributed by atoms with Crippen molar-refractivity contribution in [1.29, 1.82) is 0 Å². The number of benzene rings is 1. The summed E-state index contributed by atoms with van der Waals surface area (Å²) in [5, 5.41) is 4.89. The van der Waals surface area contributed by atoms with Crippen molar-refractivity contribution in [3.8, 4) is 0 Å². The van der Waals surface area contributed by atoms with Gasteiger partial charge in [-0.1, -0.05) is 37.6 Å². The van der Waals surface area contributed by atoms with Crippen LogP contribution in [0, 0.1) is 0 Å². The van der Waals surface area contributed by atoms with E-state index in [0.717, 1.165) is 25.2 Å². The van der Waals surface area contributed by atoms with E-state index in [1.54, 1.807) is 0 Å². The Hall–Kier alpha value is -1.45. The summed E-state index contributed by atoms with van der Waals surface area (Å²) in [6, 6.07) is 11.3. The van der Waals surface area contributed by atoms with E-state index in [4.69, 9.17) is 0 Å². The lowest BCUT2D eigenvalue weighted by Crippen LogP contribution is -2.43. The molecule has 0 radical (unpaired) electrons. The molecule has 1 unspecified atom stereocenters. The van der Waals surface area contributed by atoms with Crippen LogP contribution in [0.15, 0.2) is 36.5 Å². The van der Waals surface area contributed by atoms with Gasteiger partial charge in [-0.3, -0.25) is 9.88 Å². The fourth-order valence-corrected chi connectivity index (χ4v) is 3.23. The first kappa shape index (κ1) is 14.5. The second-order valence-electron chi connectivity index (χ2n) is 5.97. The van der Waals surface area contributed by atoms with E-state index in [-0.39, 0.29) is 0 Å². The van der Waals surface area contributed by atoms with Crippen molar-refractivity contribution in [2.24, 2.45) is 0 Å². The van der Waals surface area contributed by atoms with E-state index in [0.29, 0.717) is 6.04 Å². The first-order valence-corrected chi connectivity index (χ1v) is 8.15. The third kappa shape index (κ3) is 3.60. The van der Waals surface area contributed by atoms with Gasteiger partial charge in [0, 0.05) is 30.7 Å². The Morgan fingerprint density at radius 2 is 2.14 bits per heavy atom. The van der Waals surface area contributed by atoms with Crippen LogP contribution in [0.3, 0.4) is 0 Å². The highest BCUT2D eigenvalue weighted by Gasteiger charge is 2.16. The highest BCUT2D eigenvalue weighted by Crippen LogP contribution is 2.18. The predicted molar refractivity (Wildman–Crippen MR) is 88.3 cm³/mol. The van der Waals surface area contributed by atoms with Crippen molar-refractivity contribution in [1.82, 2.24) is 15.2 Å². The average Bonchev–Trinajstić information content (AvgIpc) is 2.55. The zero-order valence-electron chi connectivity index (χ0n) is 12.9. The molecule has 0 aliphatic carbocycles. The smallest absolute Gasteiger partial charge is 0.0746 e. The van der Waals surface area contributed by atoms with Gasteiger partial charge in [0.1, 0.15) is 0 Å². The van der Waals surface area contributed by atoms with Crippen LogP contribution in [0.2, 0.25) is 0 Å². The third-order valence-corrected chi connectivity index (χ3v) is 4.45. The molecule has 3 heteroatoms. The Balaban J connectivity index is 1.72. The van der Waals surface area contributed by atoms with Crippen molar-refractivity contribution in [3.63, 3.8) is 0 Å². The number of fused-ring (bicyclic) bond motifs is 1. The van der Waals surface area contributed by atoms with Crippen LogP contribution in [0.25, 0.3) is 10.9 Å². The normalized spacial score (nSPS) is 19.2. The second kappa shape index (κ2) is 7.01. The first-order chi connectivity index (χ1) is 10.4. The maximum Gasteiger partial charge on any atom is 0.0746 e. The Morgan fingerprint density at radius 3 is 2.95 bits per heavy atom. The van der Waals surface area contributed by atoms with Gasteiger partial charge in [0.15, 0.2) is 0 Å². The van der Waals surface area contributed by atoms with Gasteiger partial charge in [-0.2, -0.15) is 0 Å². The van der Waals surface area contributed by atoms with Crippen LogP contribution in [0.1, 0.15) is 31.7 Å². The number of para-hydroxylation sites is 1.